The van der Waals surface area contributed by atoms with Crippen LogP contribution in [0.1, 0.15) is 23.2 Å². The summed E-state index contributed by atoms with van der Waals surface area (Å²) in [4.78, 5) is 22.4. The zero-order valence-corrected chi connectivity index (χ0v) is 11.4. The first-order valence-corrected chi connectivity index (χ1v) is 6.59. The van der Waals surface area contributed by atoms with Crippen LogP contribution in [0, 0.1) is 11.2 Å². The molecule has 0 radical (unpaired) electrons. The van der Waals surface area contributed by atoms with Crippen LogP contribution in [0.25, 0.3) is 0 Å². The number of aliphatic carboxylic acids is 1. The third kappa shape index (κ3) is 3.30. The summed E-state index contributed by atoms with van der Waals surface area (Å²) in [5.41, 5.74) is 4.31. The van der Waals surface area contributed by atoms with Gasteiger partial charge in [0.1, 0.15) is 5.82 Å². The Hall–Kier alpha value is -2.15. The van der Waals surface area contributed by atoms with E-state index in [1.165, 1.54) is 12.1 Å². The number of hydrogen-bond acceptors (Lipinski definition) is 4. The molecule has 0 saturated carbocycles. The minimum Gasteiger partial charge on any atom is -0.481 e. The number of amides is 1. The average molecular weight is 296 g/mol. The Kier molecular flexibility index (Phi) is 4.42. The molecule has 0 bridgehead atoms. The van der Waals surface area contributed by atoms with Crippen molar-refractivity contribution < 1.29 is 23.8 Å². The van der Waals surface area contributed by atoms with Gasteiger partial charge in [-0.15, -0.1) is 0 Å². The molecule has 6 nitrogen and oxygen atoms in total. The SMILES string of the molecule is NC(=O)c1ccc(NCC2(C(=O)O)CCOCC2)c(F)c1. The van der Waals surface area contributed by atoms with Crippen LogP contribution in [0.15, 0.2) is 18.2 Å². The Morgan fingerprint density at radius 2 is 2.05 bits per heavy atom. The van der Waals surface area contributed by atoms with Crippen molar-refractivity contribution in [3.05, 3.63) is 29.6 Å². The van der Waals surface area contributed by atoms with E-state index in [-0.39, 0.29) is 17.8 Å². The quantitative estimate of drug-likeness (QED) is 0.758. The highest BCUT2D eigenvalue weighted by Crippen LogP contribution is 2.31. The number of primary amides is 1. The van der Waals surface area contributed by atoms with Crippen LogP contribution < -0.4 is 11.1 Å². The predicted octanol–water partition coefficient (Wildman–Crippen LogP) is 1.22. The molecule has 7 heteroatoms. The Bertz CT molecular complexity index is 556. The van der Waals surface area contributed by atoms with E-state index in [0.29, 0.717) is 26.1 Å². The summed E-state index contributed by atoms with van der Waals surface area (Å²) in [5, 5.41) is 12.2. The van der Waals surface area contributed by atoms with E-state index < -0.39 is 23.1 Å². The molecule has 1 amide bonds. The predicted molar refractivity (Wildman–Crippen MR) is 73.5 cm³/mol. The van der Waals surface area contributed by atoms with Gasteiger partial charge in [0.05, 0.1) is 11.1 Å². The minimum atomic E-state index is -0.965. The maximum Gasteiger partial charge on any atom is 0.311 e. The molecule has 0 unspecified atom stereocenters. The summed E-state index contributed by atoms with van der Waals surface area (Å²) in [5.74, 6) is -2.28. The fourth-order valence-electron chi connectivity index (χ4n) is 2.30. The Morgan fingerprint density at radius 3 is 2.57 bits per heavy atom. The van der Waals surface area contributed by atoms with Gasteiger partial charge in [-0.25, -0.2) is 4.39 Å². The Morgan fingerprint density at radius 1 is 1.38 bits per heavy atom. The van der Waals surface area contributed by atoms with Crippen molar-refractivity contribution in [1.82, 2.24) is 0 Å². The molecule has 0 aliphatic carbocycles. The summed E-state index contributed by atoms with van der Waals surface area (Å²) in [6.07, 6.45) is 0.743. The molecule has 1 fully saturated rings. The molecular formula is C14H17FN2O4. The number of rotatable bonds is 5. The van der Waals surface area contributed by atoms with E-state index in [1.54, 1.807) is 0 Å². The van der Waals surface area contributed by atoms with Crippen LogP contribution >= 0.6 is 0 Å². The number of carboxylic acid groups (broad SMARTS) is 1. The van der Waals surface area contributed by atoms with E-state index in [4.69, 9.17) is 10.5 Å². The van der Waals surface area contributed by atoms with Gasteiger partial charge in [0.15, 0.2) is 0 Å². The largest absolute Gasteiger partial charge is 0.481 e. The summed E-state index contributed by atoms with van der Waals surface area (Å²) in [7, 11) is 0. The van der Waals surface area contributed by atoms with E-state index in [2.05, 4.69) is 5.32 Å². The van der Waals surface area contributed by atoms with Crippen LogP contribution in [-0.4, -0.2) is 36.7 Å². The zero-order valence-electron chi connectivity index (χ0n) is 11.4. The first-order valence-electron chi connectivity index (χ1n) is 6.59. The van der Waals surface area contributed by atoms with Gasteiger partial charge in [0, 0.05) is 25.3 Å². The molecule has 1 heterocycles. The van der Waals surface area contributed by atoms with Crippen molar-refractivity contribution >= 4 is 17.6 Å². The van der Waals surface area contributed by atoms with E-state index in [9.17, 15) is 19.1 Å². The highest BCUT2D eigenvalue weighted by Gasteiger charge is 2.40. The van der Waals surface area contributed by atoms with Crippen molar-refractivity contribution in [2.24, 2.45) is 11.1 Å². The fraction of sp³-hybridized carbons (Fsp3) is 0.429. The summed E-state index contributed by atoms with van der Waals surface area (Å²) in [6, 6.07) is 3.80. The minimum absolute atomic E-state index is 0.0667. The molecule has 1 aromatic carbocycles. The molecule has 0 aromatic heterocycles. The van der Waals surface area contributed by atoms with Crippen molar-refractivity contribution in [2.45, 2.75) is 12.8 Å². The zero-order chi connectivity index (χ0) is 15.5. The summed E-state index contributed by atoms with van der Waals surface area (Å²) >= 11 is 0. The molecule has 0 spiro atoms. The first kappa shape index (κ1) is 15.2. The van der Waals surface area contributed by atoms with Gasteiger partial charge in [-0.05, 0) is 31.0 Å². The molecular weight excluding hydrogens is 279 g/mol. The fourth-order valence-corrected chi connectivity index (χ4v) is 2.30. The van der Waals surface area contributed by atoms with E-state index >= 15 is 0 Å². The van der Waals surface area contributed by atoms with Crippen LogP contribution in [-0.2, 0) is 9.53 Å². The number of ether oxygens (including phenoxy) is 1. The molecule has 4 N–H and O–H groups in total. The number of benzene rings is 1. The van der Waals surface area contributed by atoms with Gasteiger partial charge in [-0.2, -0.15) is 0 Å². The van der Waals surface area contributed by atoms with Gasteiger partial charge in [-0.1, -0.05) is 0 Å². The van der Waals surface area contributed by atoms with Crippen molar-refractivity contribution in [3.63, 3.8) is 0 Å². The van der Waals surface area contributed by atoms with E-state index in [1.807, 2.05) is 0 Å². The molecule has 114 valence electrons. The second-order valence-electron chi connectivity index (χ2n) is 5.11. The number of anilines is 1. The van der Waals surface area contributed by atoms with Gasteiger partial charge in [0.25, 0.3) is 0 Å². The summed E-state index contributed by atoms with van der Waals surface area (Å²) < 4.78 is 19.0. The van der Waals surface area contributed by atoms with Crippen LogP contribution in [0.4, 0.5) is 10.1 Å². The lowest BCUT2D eigenvalue weighted by Gasteiger charge is -2.33. The van der Waals surface area contributed by atoms with E-state index in [0.717, 1.165) is 6.07 Å². The molecule has 1 aliphatic rings. The van der Waals surface area contributed by atoms with Gasteiger partial charge < -0.3 is 20.9 Å². The highest BCUT2D eigenvalue weighted by atomic mass is 19.1. The Balaban J connectivity index is 2.11. The lowest BCUT2D eigenvalue weighted by molar-refractivity contribution is -0.153. The van der Waals surface area contributed by atoms with Crippen molar-refractivity contribution in [2.75, 3.05) is 25.1 Å². The molecule has 21 heavy (non-hydrogen) atoms. The van der Waals surface area contributed by atoms with Crippen molar-refractivity contribution in [3.8, 4) is 0 Å². The molecule has 2 rings (SSSR count). The molecule has 0 atom stereocenters. The highest BCUT2D eigenvalue weighted by molar-refractivity contribution is 5.93. The maximum atomic E-state index is 13.8. The monoisotopic (exact) mass is 296 g/mol. The number of carboxylic acids is 1. The average Bonchev–Trinajstić information content (AvgIpc) is 2.46. The molecule has 1 aromatic rings. The van der Waals surface area contributed by atoms with Crippen LogP contribution in [0.3, 0.4) is 0 Å². The molecule has 1 aliphatic heterocycles. The third-order valence-electron chi connectivity index (χ3n) is 3.77. The molecule has 1 saturated heterocycles. The number of carbonyl (C=O) groups is 2. The lowest BCUT2D eigenvalue weighted by atomic mass is 9.80. The smallest absolute Gasteiger partial charge is 0.311 e. The van der Waals surface area contributed by atoms with Crippen LogP contribution in [0.5, 0.6) is 0 Å². The number of hydrogen-bond donors (Lipinski definition) is 3. The standard InChI is InChI=1S/C14H17FN2O4/c15-10-7-9(12(16)18)1-2-11(10)17-8-14(13(19)20)3-5-21-6-4-14/h1-2,7,17H,3-6,8H2,(H2,16,18)(H,19,20). The number of nitrogens with one attached hydrogen (secondary N) is 1. The van der Waals surface area contributed by atoms with Gasteiger partial charge >= 0.3 is 5.97 Å². The number of carbonyl (C=O) groups excluding carboxylic acids is 1. The topological polar surface area (TPSA) is 102 Å². The second kappa shape index (κ2) is 6.09. The normalized spacial score (nSPS) is 17.2. The second-order valence-corrected chi connectivity index (χ2v) is 5.11. The number of nitrogens with two attached hydrogens (primary N) is 1. The lowest BCUT2D eigenvalue weighted by Crippen LogP contribution is -2.42. The van der Waals surface area contributed by atoms with Crippen LogP contribution in [0.2, 0.25) is 0 Å². The first-order chi connectivity index (χ1) is 9.94. The maximum absolute atomic E-state index is 13.8. The van der Waals surface area contributed by atoms with Gasteiger partial charge in [0.2, 0.25) is 5.91 Å². The number of halogens is 1. The summed E-state index contributed by atoms with van der Waals surface area (Å²) in [6.45, 7) is 0.840. The van der Waals surface area contributed by atoms with Gasteiger partial charge in [-0.3, -0.25) is 9.59 Å². The third-order valence-corrected chi connectivity index (χ3v) is 3.77. The van der Waals surface area contributed by atoms with Crippen molar-refractivity contribution in [1.29, 1.82) is 0 Å². The Labute approximate surface area is 121 Å².